The number of carbonyl (C=O) groups is 1. The number of nitrogens with one attached hydrogen (secondary N) is 1. The summed E-state index contributed by atoms with van der Waals surface area (Å²) in [6, 6.07) is 7.48. The Kier molecular flexibility index (Phi) is 4.27. The molecule has 25 heavy (non-hydrogen) atoms. The van der Waals surface area contributed by atoms with Gasteiger partial charge in [0.15, 0.2) is 22.9 Å². The lowest BCUT2D eigenvalue weighted by Gasteiger charge is -2.31. The highest BCUT2D eigenvalue weighted by Gasteiger charge is 2.24. The number of anilines is 1. The Morgan fingerprint density at radius 3 is 2.96 bits per heavy atom. The Morgan fingerprint density at radius 2 is 2.24 bits per heavy atom. The largest absolute Gasteiger partial charge is 0.493 e. The maximum Gasteiger partial charge on any atom is 0.287 e. The molecule has 1 amide bonds. The van der Waals surface area contributed by atoms with Crippen molar-refractivity contribution >= 4 is 34.4 Å². The number of methoxy groups -OCH3 is 1. The van der Waals surface area contributed by atoms with Crippen molar-refractivity contribution < 1.29 is 13.9 Å². The third kappa shape index (κ3) is 3.17. The van der Waals surface area contributed by atoms with E-state index in [1.165, 1.54) is 11.7 Å². The fraction of sp³-hybridized carbons (Fsp3) is 0.353. The van der Waals surface area contributed by atoms with E-state index in [0.717, 1.165) is 37.1 Å². The SMILES string of the molecule is COc1cccc2cc(C(=O)NC3CCN(c4cnsn4)CC3)oc12. The number of aromatic nitrogens is 2. The molecule has 1 saturated heterocycles. The van der Waals surface area contributed by atoms with E-state index in [2.05, 4.69) is 19.0 Å². The van der Waals surface area contributed by atoms with Gasteiger partial charge in [-0.1, -0.05) is 12.1 Å². The molecule has 0 aliphatic carbocycles. The summed E-state index contributed by atoms with van der Waals surface area (Å²) in [7, 11) is 1.59. The molecule has 1 aliphatic heterocycles. The number of rotatable bonds is 4. The summed E-state index contributed by atoms with van der Waals surface area (Å²) in [6.07, 6.45) is 3.52. The number of benzene rings is 1. The second-order valence-electron chi connectivity index (χ2n) is 5.99. The number of ether oxygens (including phenoxy) is 1. The van der Waals surface area contributed by atoms with E-state index in [1.807, 2.05) is 18.2 Å². The van der Waals surface area contributed by atoms with Crippen LogP contribution in [0.15, 0.2) is 34.9 Å². The van der Waals surface area contributed by atoms with E-state index in [4.69, 9.17) is 9.15 Å². The van der Waals surface area contributed by atoms with Crippen molar-refractivity contribution in [2.45, 2.75) is 18.9 Å². The van der Waals surface area contributed by atoms with Crippen LogP contribution in [0.2, 0.25) is 0 Å². The highest BCUT2D eigenvalue weighted by molar-refractivity contribution is 6.99. The van der Waals surface area contributed by atoms with Gasteiger partial charge in [0, 0.05) is 24.5 Å². The van der Waals surface area contributed by atoms with Gasteiger partial charge in [0.2, 0.25) is 0 Å². The topological polar surface area (TPSA) is 80.5 Å². The molecule has 130 valence electrons. The second-order valence-corrected chi connectivity index (χ2v) is 6.55. The molecule has 1 aliphatic rings. The fourth-order valence-corrected chi connectivity index (χ4v) is 3.55. The van der Waals surface area contributed by atoms with Crippen molar-refractivity contribution in [1.82, 2.24) is 14.1 Å². The fourth-order valence-electron chi connectivity index (χ4n) is 3.12. The standard InChI is InChI=1S/C17H18N4O3S/c1-23-13-4-2-3-11-9-14(24-16(11)13)17(22)19-12-5-7-21(8-6-12)15-10-18-25-20-15/h2-4,9-10,12H,5-8H2,1H3,(H,19,22). The van der Waals surface area contributed by atoms with Gasteiger partial charge in [0.1, 0.15) is 0 Å². The Hall–Kier alpha value is -2.61. The molecular weight excluding hydrogens is 340 g/mol. The number of furan rings is 1. The normalized spacial score (nSPS) is 15.5. The van der Waals surface area contributed by atoms with Crippen LogP contribution in [0.3, 0.4) is 0 Å². The third-order valence-electron chi connectivity index (χ3n) is 4.46. The van der Waals surface area contributed by atoms with Crippen LogP contribution in [0.5, 0.6) is 5.75 Å². The number of fused-ring (bicyclic) bond motifs is 1. The summed E-state index contributed by atoms with van der Waals surface area (Å²) in [5, 5.41) is 3.92. The van der Waals surface area contributed by atoms with Crippen LogP contribution in [-0.2, 0) is 0 Å². The molecule has 2 aromatic heterocycles. The van der Waals surface area contributed by atoms with E-state index in [-0.39, 0.29) is 11.9 Å². The zero-order valence-corrected chi connectivity index (χ0v) is 14.6. The Labute approximate surface area is 148 Å². The number of hydrogen-bond acceptors (Lipinski definition) is 7. The minimum Gasteiger partial charge on any atom is -0.493 e. The van der Waals surface area contributed by atoms with Gasteiger partial charge < -0.3 is 19.4 Å². The molecule has 4 rings (SSSR count). The van der Waals surface area contributed by atoms with Crippen LogP contribution in [0.25, 0.3) is 11.0 Å². The molecule has 1 aromatic carbocycles. The average Bonchev–Trinajstić information content (AvgIpc) is 3.31. The molecule has 0 bridgehead atoms. The van der Waals surface area contributed by atoms with Gasteiger partial charge in [-0.15, -0.1) is 0 Å². The van der Waals surface area contributed by atoms with Gasteiger partial charge in [0.05, 0.1) is 25.0 Å². The molecule has 0 saturated carbocycles. The number of piperidine rings is 1. The molecule has 7 nitrogen and oxygen atoms in total. The van der Waals surface area contributed by atoms with Gasteiger partial charge in [-0.05, 0) is 25.0 Å². The number of amides is 1. The number of para-hydroxylation sites is 1. The van der Waals surface area contributed by atoms with Gasteiger partial charge in [-0.3, -0.25) is 4.79 Å². The van der Waals surface area contributed by atoms with Crippen LogP contribution in [0.1, 0.15) is 23.4 Å². The Balaban J connectivity index is 1.41. The molecule has 3 aromatic rings. The molecule has 1 fully saturated rings. The summed E-state index contributed by atoms with van der Waals surface area (Å²) in [6.45, 7) is 1.70. The van der Waals surface area contributed by atoms with Crippen LogP contribution in [-0.4, -0.2) is 40.9 Å². The van der Waals surface area contributed by atoms with Crippen LogP contribution in [0, 0.1) is 0 Å². The Morgan fingerprint density at radius 1 is 1.40 bits per heavy atom. The summed E-state index contributed by atoms with van der Waals surface area (Å²) >= 11 is 1.21. The van der Waals surface area contributed by atoms with E-state index in [1.54, 1.807) is 19.4 Å². The van der Waals surface area contributed by atoms with Gasteiger partial charge in [-0.2, -0.15) is 8.75 Å². The van der Waals surface area contributed by atoms with Crippen molar-refractivity contribution in [3.05, 3.63) is 36.2 Å². The first kappa shape index (κ1) is 15.9. The number of hydrogen-bond donors (Lipinski definition) is 1. The van der Waals surface area contributed by atoms with Gasteiger partial charge in [-0.25, -0.2) is 0 Å². The van der Waals surface area contributed by atoms with Crippen molar-refractivity contribution in [3.63, 3.8) is 0 Å². The first-order valence-electron chi connectivity index (χ1n) is 8.14. The Bertz CT molecular complexity index is 869. The molecule has 0 unspecified atom stereocenters. The summed E-state index contributed by atoms with van der Waals surface area (Å²) in [5.41, 5.74) is 0.598. The minimum atomic E-state index is -0.188. The van der Waals surface area contributed by atoms with E-state index in [9.17, 15) is 4.79 Å². The maximum atomic E-state index is 12.5. The molecule has 3 heterocycles. The average molecular weight is 358 g/mol. The minimum absolute atomic E-state index is 0.130. The second kappa shape index (κ2) is 6.72. The lowest BCUT2D eigenvalue weighted by atomic mass is 10.0. The number of carbonyl (C=O) groups excluding carboxylic acids is 1. The molecule has 0 spiro atoms. The third-order valence-corrected chi connectivity index (χ3v) is 4.92. The lowest BCUT2D eigenvalue weighted by molar-refractivity contribution is 0.0905. The zero-order valence-electron chi connectivity index (χ0n) is 13.8. The van der Waals surface area contributed by atoms with E-state index in [0.29, 0.717) is 17.1 Å². The predicted octanol–water partition coefficient (Wildman–Crippen LogP) is 2.69. The van der Waals surface area contributed by atoms with Crippen molar-refractivity contribution in [2.75, 3.05) is 25.1 Å². The molecule has 1 N–H and O–H groups in total. The summed E-state index contributed by atoms with van der Waals surface area (Å²) in [4.78, 5) is 14.7. The van der Waals surface area contributed by atoms with Crippen molar-refractivity contribution in [1.29, 1.82) is 0 Å². The zero-order chi connectivity index (χ0) is 17.2. The first-order chi connectivity index (χ1) is 12.2. The smallest absolute Gasteiger partial charge is 0.287 e. The quantitative estimate of drug-likeness (QED) is 0.772. The molecular formula is C17H18N4O3S. The van der Waals surface area contributed by atoms with Crippen molar-refractivity contribution in [3.8, 4) is 5.75 Å². The summed E-state index contributed by atoms with van der Waals surface area (Å²) in [5.74, 6) is 1.67. The lowest BCUT2D eigenvalue weighted by Crippen LogP contribution is -2.44. The molecule has 8 heteroatoms. The predicted molar refractivity (Wildman–Crippen MR) is 95.4 cm³/mol. The molecule has 0 radical (unpaired) electrons. The number of nitrogens with zero attached hydrogens (tertiary/aromatic N) is 3. The van der Waals surface area contributed by atoms with Crippen LogP contribution >= 0.6 is 11.7 Å². The van der Waals surface area contributed by atoms with Crippen molar-refractivity contribution in [2.24, 2.45) is 0 Å². The van der Waals surface area contributed by atoms with Crippen LogP contribution < -0.4 is 15.0 Å². The molecule has 0 atom stereocenters. The van der Waals surface area contributed by atoms with E-state index < -0.39 is 0 Å². The van der Waals surface area contributed by atoms with Crippen LogP contribution in [0.4, 0.5) is 5.82 Å². The first-order valence-corrected chi connectivity index (χ1v) is 8.87. The highest BCUT2D eigenvalue weighted by atomic mass is 32.1. The van der Waals surface area contributed by atoms with Gasteiger partial charge >= 0.3 is 0 Å². The monoisotopic (exact) mass is 358 g/mol. The highest BCUT2D eigenvalue weighted by Crippen LogP contribution is 2.28. The summed E-state index contributed by atoms with van der Waals surface area (Å²) < 4.78 is 19.3. The van der Waals surface area contributed by atoms with Gasteiger partial charge in [0.25, 0.3) is 5.91 Å². The maximum absolute atomic E-state index is 12.5. The van der Waals surface area contributed by atoms with E-state index >= 15 is 0 Å².